The molecule has 5 nitrogen and oxygen atoms in total. The highest BCUT2D eigenvalue weighted by molar-refractivity contribution is 9.10. The fourth-order valence-electron chi connectivity index (χ4n) is 2.44. The first-order valence-corrected chi connectivity index (χ1v) is 7.91. The number of halogens is 1. The molecule has 0 saturated carbocycles. The van der Waals surface area contributed by atoms with Crippen molar-refractivity contribution in [2.45, 2.75) is 38.1 Å². The van der Waals surface area contributed by atoms with Gasteiger partial charge in [-0.1, -0.05) is 6.42 Å². The molecule has 0 spiro atoms. The molecule has 1 saturated heterocycles. The molecule has 0 aliphatic carbocycles. The summed E-state index contributed by atoms with van der Waals surface area (Å²) in [5, 5.41) is 15.1. The molecule has 1 aromatic carbocycles. The summed E-state index contributed by atoms with van der Waals surface area (Å²) in [6.07, 6.45) is 4.78. The Kier molecular flexibility index (Phi) is 5.76. The number of carboxylic acids is 1. The Morgan fingerprint density at radius 2 is 2.19 bits per heavy atom. The van der Waals surface area contributed by atoms with Gasteiger partial charge in [0, 0.05) is 16.9 Å². The van der Waals surface area contributed by atoms with Crippen molar-refractivity contribution in [3.05, 3.63) is 28.2 Å². The van der Waals surface area contributed by atoms with Crippen LogP contribution in [0.4, 0.5) is 5.69 Å². The minimum Gasteiger partial charge on any atom is -0.478 e. The van der Waals surface area contributed by atoms with E-state index in [4.69, 9.17) is 5.11 Å². The zero-order valence-corrected chi connectivity index (χ0v) is 13.3. The maximum Gasteiger partial charge on any atom is 0.335 e. The number of carboxylic acid groups (broad SMARTS) is 1. The van der Waals surface area contributed by atoms with E-state index >= 15 is 0 Å². The second-order valence-electron chi connectivity index (χ2n) is 5.23. The lowest BCUT2D eigenvalue weighted by Crippen LogP contribution is -2.34. The normalized spacial score (nSPS) is 18.2. The number of nitrogens with one attached hydrogen (secondary N) is 2. The largest absolute Gasteiger partial charge is 0.478 e. The smallest absolute Gasteiger partial charge is 0.335 e. The zero-order valence-electron chi connectivity index (χ0n) is 11.7. The number of hydrogen-bond acceptors (Lipinski definition) is 3. The van der Waals surface area contributed by atoms with Crippen LogP contribution in [-0.2, 0) is 4.79 Å². The van der Waals surface area contributed by atoms with Gasteiger partial charge in [0.15, 0.2) is 0 Å². The molecule has 1 heterocycles. The van der Waals surface area contributed by atoms with Crippen LogP contribution >= 0.6 is 15.9 Å². The number of piperidine rings is 1. The zero-order chi connectivity index (χ0) is 15.2. The molecule has 114 valence electrons. The van der Waals surface area contributed by atoms with Gasteiger partial charge in [0.05, 0.1) is 11.3 Å². The highest BCUT2D eigenvalue weighted by Crippen LogP contribution is 2.24. The first kappa shape index (κ1) is 16.0. The Morgan fingerprint density at radius 1 is 1.38 bits per heavy atom. The van der Waals surface area contributed by atoms with E-state index in [1.54, 1.807) is 6.07 Å². The lowest BCUT2D eigenvalue weighted by Gasteiger charge is -2.23. The van der Waals surface area contributed by atoms with Gasteiger partial charge >= 0.3 is 5.97 Å². The van der Waals surface area contributed by atoms with Gasteiger partial charge in [0.25, 0.3) is 0 Å². The van der Waals surface area contributed by atoms with Crippen LogP contribution < -0.4 is 10.6 Å². The molecule has 1 fully saturated rings. The summed E-state index contributed by atoms with van der Waals surface area (Å²) in [6, 6.07) is 5.00. The van der Waals surface area contributed by atoms with Gasteiger partial charge in [-0.3, -0.25) is 4.79 Å². The molecular weight excluding hydrogens is 336 g/mol. The summed E-state index contributed by atoms with van der Waals surface area (Å²) in [5.41, 5.74) is 0.652. The lowest BCUT2D eigenvalue weighted by molar-refractivity contribution is -0.116. The first-order valence-electron chi connectivity index (χ1n) is 7.12. The van der Waals surface area contributed by atoms with Crippen molar-refractivity contribution >= 4 is 33.5 Å². The Morgan fingerprint density at radius 3 is 2.86 bits per heavy atom. The first-order chi connectivity index (χ1) is 10.1. The topological polar surface area (TPSA) is 78.4 Å². The van der Waals surface area contributed by atoms with E-state index in [9.17, 15) is 9.59 Å². The van der Waals surface area contributed by atoms with Crippen molar-refractivity contribution in [3.63, 3.8) is 0 Å². The van der Waals surface area contributed by atoms with E-state index in [-0.39, 0.29) is 11.5 Å². The predicted octanol–water partition coefficient (Wildman–Crippen LogP) is 3.01. The van der Waals surface area contributed by atoms with Crippen LogP contribution in [0.25, 0.3) is 0 Å². The van der Waals surface area contributed by atoms with Crippen molar-refractivity contribution in [1.82, 2.24) is 5.32 Å². The molecule has 0 aromatic heterocycles. The minimum atomic E-state index is -1.01. The molecule has 21 heavy (non-hydrogen) atoms. The molecule has 3 N–H and O–H groups in total. The van der Waals surface area contributed by atoms with Crippen LogP contribution in [0.5, 0.6) is 0 Å². The summed E-state index contributed by atoms with van der Waals surface area (Å²) in [6.45, 7) is 1.03. The highest BCUT2D eigenvalue weighted by Gasteiger charge is 2.15. The van der Waals surface area contributed by atoms with Crippen LogP contribution in [0.2, 0.25) is 0 Å². The predicted molar refractivity (Wildman–Crippen MR) is 84.6 cm³/mol. The molecule has 2 rings (SSSR count). The van der Waals surface area contributed by atoms with E-state index < -0.39 is 5.97 Å². The monoisotopic (exact) mass is 354 g/mol. The summed E-state index contributed by atoms with van der Waals surface area (Å²) in [5.74, 6) is -1.10. The van der Waals surface area contributed by atoms with Gasteiger partial charge in [0.1, 0.15) is 0 Å². The van der Waals surface area contributed by atoms with Gasteiger partial charge in [-0.2, -0.15) is 0 Å². The van der Waals surface area contributed by atoms with Crippen LogP contribution in [0.3, 0.4) is 0 Å². The third-order valence-corrected chi connectivity index (χ3v) is 4.31. The average Bonchev–Trinajstić information content (AvgIpc) is 2.48. The number of carbonyl (C=O) groups excluding carboxylic acids is 1. The van der Waals surface area contributed by atoms with Gasteiger partial charge in [-0.05, 0) is 59.9 Å². The minimum absolute atomic E-state index is 0.0920. The number of benzene rings is 1. The molecule has 0 bridgehead atoms. The lowest BCUT2D eigenvalue weighted by atomic mass is 10.0. The quantitative estimate of drug-likeness (QED) is 0.759. The van der Waals surface area contributed by atoms with E-state index in [0.717, 1.165) is 19.4 Å². The number of amides is 1. The Hall–Kier alpha value is -1.40. The number of aromatic carboxylic acids is 1. The van der Waals surface area contributed by atoms with Crippen molar-refractivity contribution < 1.29 is 14.7 Å². The summed E-state index contributed by atoms with van der Waals surface area (Å²) >= 11 is 3.32. The van der Waals surface area contributed by atoms with Crippen molar-refractivity contribution in [3.8, 4) is 0 Å². The number of carbonyl (C=O) groups is 2. The maximum absolute atomic E-state index is 12.0. The molecule has 1 unspecified atom stereocenters. The second-order valence-corrected chi connectivity index (χ2v) is 6.09. The van der Waals surface area contributed by atoms with Crippen molar-refractivity contribution in [2.24, 2.45) is 0 Å². The fraction of sp³-hybridized carbons (Fsp3) is 0.467. The van der Waals surface area contributed by atoms with Crippen LogP contribution in [0.1, 0.15) is 42.5 Å². The second kappa shape index (κ2) is 7.56. The van der Waals surface area contributed by atoms with E-state index in [2.05, 4.69) is 26.6 Å². The number of anilines is 1. The molecule has 0 radical (unpaired) electrons. The van der Waals surface area contributed by atoms with Crippen molar-refractivity contribution in [1.29, 1.82) is 0 Å². The standard InChI is InChI=1S/C15H19BrN2O3/c16-12-6-4-10(15(20)21)9-13(12)18-14(19)7-5-11-3-1-2-8-17-11/h4,6,9,11,17H,1-3,5,7-8H2,(H,18,19)(H,20,21). The van der Waals surface area contributed by atoms with Gasteiger partial charge < -0.3 is 15.7 Å². The SMILES string of the molecule is O=C(CCC1CCCCN1)Nc1cc(C(=O)O)ccc1Br. The van der Waals surface area contributed by atoms with Gasteiger partial charge in [-0.15, -0.1) is 0 Å². The third kappa shape index (κ3) is 4.82. The van der Waals surface area contributed by atoms with Gasteiger partial charge in [-0.25, -0.2) is 4.79 Å². The molecule has 6 heteroatoms. The molecule has 1 aliphatic rings. The number of rotatable bonds is 5. The highest BCUT2D eigenvalue weighted by atomic mass is 79.9. The summed E-state index contributed by atoms with van der Waals surface area (Å²) < 4.78 is 0.677. The van der Waals surface area contributed by atoms with E-state index in [0.29, 0.717) is 22.6 Å². The Bertz CT molecular complexity index is 528. The maximum atomic E-state index is 12.0. The Balaban J connectivity index is 1.89. The van der Waals surface area contributed by atoms with Crippen molar-refractivity contribution in [2.75, 3.05) is 11.9 Å². The number of hydrogen-bond donors (Lipinski definition) is 3. The van der Waals surface area contributed by atoms with E-state index in [1.807, 2.05) is 0 Å². The van der Waals surface area contributed by atoms with Gasteiger partial charge in [0.2, 0.25) is 5.91 Å². The average molecular weight is 355 g/mol. The summed E-state index contributed by atoms with van der Waals surface area (Å²) in [7, 11) is 0. The molecule has 1 aromatic rings. The molecule has 1 aliphatic heterocycles. The summed E-state index contributed by atoms with van der Waals surface area (Å²) in [4.78, 5) is 22.9. The van der Waals surface area contributed by atoms with Crippen LogP contribution in [0, 0.1) is 0 Å². The fourth-order valence-corrected chi connectivity index (χ4v) is 2.79. The molecule has 1 amide bonds. The Labute approximate surface area is 132 Å². The third-order valence-electron chi connectivity index (χ3n) is 3.62. The van der Waals surface area contributed by atoms with E-state index in [1.165, 1.54) is 25.0 Å². The molecular formula is C15H19BrN2O3. The molecule has 1 atom stereocenters. The van der Waals surface area contributed by atoms with Crippen LogP contribution in [0.15, 0.2) is 22.7 Å². The van der Waals surface area contributed by atoms with Crippen LogP contribution in [-0.4, -0.2) is 29.6 Å².